The number of ketones is 1. The van der Waals surface area contributed by atoms with Gasteiger partial charge in [-0.1, -0.05) is 31.0 Å². The zero-order chi connectivity index (χ0) is 24.5. The summed E-state index contributed by atoms with van der Waals surface area (Å²) in [7, 11) is 0. The van der Waals surface area contributed by atoms with E-state index in [1.54, 1.807) is 48.7 Å². The lowest BCUT2D eigenvalue weighted by atomic mass is 9.99. The average molecular weight is 490 g/mol. The number of nitrogens with one attached hydrogen (secondary N) is 2. The Kier molecular flexibility index (Phi) is 6.13. The lowest BCUT2D eigenvalue weighted by molar-refractivity contribution is 0.103. The number of pyridine rings is 1. The third-order valence-corrected chi connectivity index (χ3v) is 6.70. The van der Waals surface area contributed by atoms with Gasteiger partial charge in [0.2, 0.25) is 0 Å². The van der Waals surface area contributed by atoms with Crippen molar-refractivity contribution in [3.8, 4) is 16.9 Å². The first kappa shape index (κ1) is 22.9. The lowest BCUT2D eigenvalue weighted by Gasteiger charge is -2.10. The zero-order valence-electron chi connectivity index (χ0n) is 18.7. The van der Waals surface area contributed by atoms with Gasteiger partial charge >= 0.3 is 0 Å². The van der Waals surface area contributed by atoms with Gasteiger partial charge in [-0.2, -0.15) is 0 Å². The van der Waals surface area contributed by atoms with Gasteiger partial charge in [0, 0.05) is 39.4 Å². The molecule has 3 N–H and O–H groups in total. The molecular formula is C27H21F2N3O2S. The topological polar surface area (TPSA) is 78.0 Å². The molecule has 5 nitrogen and oxygen atoms in total. The monoisotopic (exact) mass is 489 g/mol. The van der Waals surface area contributed by atoms with E-state index in [4.69, 9.17) is 0 Å². The molecule has 0 saturated heterocycles. The molecule has 2 heterocycles. The van der Waals surface area contributed by atoms with Gasteiger partial charge in [0.25, 0.3) is 0 Å². The molecule has 0 aliphatic carbocycles. The van der Waals surface area contributed by atoms with Gasteiger partial charge in [-0.05, 0) is 60.5 Å². The Morgan fingerprint density at radius 1 is 1.03 bits per heavy atom. The summed E-state index contributed by atoms with van der Waals surface area (Å²) in [6, 6.07) is 16.0. The SMILES string of the molecule is CCCSNc1ccc(F)c(C(=O)c2ccc3[nH]c4ncc(-c5ccc(O)cc5)cc4c3c2)c1F. The number of aromatic amines is 1. The average Bonchev–Trinajstić information content (AvgIpc) is 3.23. The van der Waals surface area contributed by atoms with Crippen molar-refractivity contribution >= 4 is 45.4 Å². The zero-order valence-corrected chi connectivity index (χ0v) is 19.5. The van der Waals surface area contributed by atoms with Crippen molar-refractivity contribution in [2.75, 3.05) is 10.5 Å². The highest BCUT2D eigenvalue weighted by Crippen LogP contribution is 2.31. The minimum Gasteiger partial charge on any atom is -0.508 e. The van der Waals surface area contributed by atoms with Crippen LogP contribution in [0.1, 0.15) is 29.3 Å². The van der Waals surface area contributed by atoms with Crippen molar-refractivity contribution in [2.45, 2.75) is 13.3 Å². The number of phenols is 1. The van der Waals surface area contributed by atoms with Crippen LogP contribution in [0, 0.1) is 11.6 Å². The predicted molar refractivity (Wildman–Crippen MR) is 137 cm³/mol. The number of carbonyl (C=O) groups is 1. The number of phenolic OH excluding ortho intramolecular Hbond substituents is 1. The number of nitrogens with zero attached hydrogens (tertiary/aromatic N) is 1. The van der Waals surface area contributed by atoms with E-state index in [9.17, 15) is 14.3 Å². The number of fused-ring (bicyclic) bond motifs is 3. The van der Waals surface area contributed by atoms with Crippen LogP contribution in [0.25, 0.3) is 33.1 Å². The number of rotatable bonds is 7. The van der Waals surface area contributed by atoms with Crippen molar-refractivity contribution in [3.63, 3.8) is 0 Å². The number of hydrogen-bond acceptors (Lipinski definition) is 5. The van der Waals surface area contributed by atoms with Crippen LogP contribution in [0.4, 0.5) is 14.5 Å². The molecule has 0 fully saturated rings. The van der Waals surface area contributed by atoms with Gasteiger partial charge in [0.05, 0.1) is 11.3 Å². The van der Waals surface area contributed by atoms with Crippen molar-refractivity contribution in [1.29, 1.82) is 0 Å². The molecule has 35 heavy (non-hydrogen) atoms. The molecular weight excluding hydrogens is 468 g/mol. The van der Waals surface area contributed by atoms with Gasteiger partial charge in [-0.15, -0.1) is 0 Å². The molecule has 0 atom stereocenters. The number of aromatic hydroxyl groups is 1. The maximum absolute atomic E-state index is 15.1. The summed E-state index contributed by atoms with van der Waals surface area (Å²) >= 11 is 1.30. The van der Waals surface area contributed by atoms with Crippen molar-refractivity contribution < 1.29 is 18.7 Å². The quantitative estimate of drug-likeness (QED) is 0.129. The predicted octanol–water partition coefficient (Wildman–Crippen LogP) is 7.07. The van der Waals surface area contributed by atoms with E-state index >= 15 is 4.39 Å². The van der Waals surface area contributed by atoms with E-state index in [1.165, 1.54) is 18.0 Å². The molecule has 0 radical (unpaired) electrons. The molecule has 0 spiro atoms. The molecule has 5 aromatic rings. The van der Waals surface area contributed by atoms with Crippen LogP contribution in [-0.2, 0) is 0 Å². The largest absolute Gasteiger partial charge is 0.508 e. The van der Waals surface area contributed by atoms with E-state index in [0.29, 0.717) is 11.0 Å². The maximum Gasteiger partial charge on any atom is 0.199 e. The summed E-state index contributed by atoms with van der Waals surface area (Å²) in [6.45, 7) is 1.99. The molecule has 0 bridgehead atoms. The van der Waals surface area contributed by atoms with E-state index in [1.807, 2.05) is 13.0 Å². The second-order valence-corrected chi connectivity index (χ2v) is 9.02. The van der Waals surface area contributed by atoms with Gasteiger partial charge < -0.3 is 14.8 Å². The smallest absolute Gasteiger partial charge is 0.199 e. The number of H-pyrrole nitrogens is 1. The number of carbonyl (C=O) groups excluding carboxylic acids is 1. The van der Waals surface area contributed by atoms with E-state index < -0.39 is 23.0 Å². The maximum atomic E-state index is 15.1. The number of anilines is 1. The van der Waals surface area contributed by atoms with Gasteiger partial charge in [0.15, 0.2) is 11.6 Å². The van der Waals surface area contributed by atoms with E-state index in [2.05, 4.69) is 14.7 Å². The summed E-state index contributed by atoms with van der Waals surface area (Å²) in [6.07, 6.45) is 2.61. The fourth-order valence-corrected chi connectivity index (χ4v) is 4.56. The van der Waals surface area contributed by atoms with E-state index in [0.717, 1.165) is 40.3 Å². The first-order chi connectivity index (χ1) is 17.0. The number of benzene rings is 3. The van der Waals surface area contributed by atoms with Crippen LogP contribution >= 0.6 is 11.9 Å². The van der Waals surface area contributed by atoms with Crippen LogP contribution in [0.2, 0.25) is 0 Å². The Labute approximate surface area is 204 Å². The molecule has 2 aromatic heterocycles. The summed E-state index contributed by atoms with van der Waals surface area (Å²) in [5.74, 6) is -1.64. The Morgan fingerprint density at radius 2 is 1.83 bits per heavy atom. The summed E-state index contributed by atoms with van der Waals surface area (Å²) in [5, 5.41) is 11.0. The standard InChI is InChI=1S/C27H21F2N3O2S/c1-2-11-35-32-23-10-8-21(28)24(25(23)29)26(34)16-5-9-22-19(12-16)20-13-17(14-30-27(20)31-22)15-3-6-18(33)7-4-15/h3-10,12-14,32-33H,2,11H2,1H3,(H,30,31). The van der Waals surface area contributed by atoms with Crippen molar-refractivity contribution in [2.24, 2.45) is 0 Å². The van der Waals surface area contributed by atoms with Crippen molar-refractivity contribution in [1.82, 2.24) is 9.97 Å². The number of halogens is 2. The van der Waals surface area contributed by atoms with E-state index in [-0.39, 0.29) is 17.0 Å². The van der Waals surface area contributed by atoms with Crippen LogP contribution in [0.15, 0.2) is 66.9 Å². The third-order valence-electron chi connectivity index (χ3n) is 5.72. The van der Waals surface area contributed by atoms with Crippen LogP contribution in [0.3, 0.4) is 0 Å². The minimum absolute atomic E-state index is 0.0733. The molecule has 0 saturated carbocycles. The van der Waals surface area contributed by atoms with Crippen LogP contribution in [0.5, 0.6) is 5.75 Å². The van der Waals surface area contributed by atoms with Crippen molar-refractivity contribution in [3.05, 3.63) is 89.6 Å². The Hall–Kier alpha value is -3.91. The normalized spacial score (nSPS) is 11.3. The van der Waals surface area contributed by atoms with Crippen LogP contribution in [-0.4, -0.2) is 26.6 Å². The fourth-order valence-electron chi connectivity index (χ4n) is 3.94. The lowest BCUT2D eigenvalue weighted by Crippen LogP contribution is -2.09. The van der Waals surface area contributed by atoms with Gasteiger partial charge in [-0.3, -0.25) is 4.79 Å². The van der Waals surface area contributed by atoms with Gasteiger partial charge in [0.1, 0.15) is 17.2 Å². The molecule has 0 aliphatic heterocycles. The number of aromatic nitrogens is 2. The third kappa shape index (κ3) is 4.33. The molecule has 3 aromatic carbocycles. The molecule has 0 aliphatic rings. The molecule has 0 unspecified atom stereocenters. The Balaban J connectivity index is 1.56. The molecule has 5 rings (SSSR count). The second-order valence-electron chi connectivity index (χ2n) is 8.12. The second kappa shape index (κ2) is 9.38. The molecule has 0 amide bonds. The highest BCUT2D eigenvalue weighted by atomic mass is 32.2. The highest BCUT2D eigenvalue weighted by Gasteiger charge is 2.23. The Bertz CT molecular complexity index is 1570. The van der Waals surface area contributed by atoms with Gasteiger partial charge in [-0.25, -0.2) is 13.8 Å². The first-order valence-corrected chi connectivity index (χ1v) is 12.1. The Morgan fingerprint density at radius 3 is 2.60 bits per heavy atom. The summed E-state index contributed by atoms with van der Waals surface area (Å²) < 4.78 is 32.6. The molecule has 8 heteroatoms. The highest BCUT2D eigenvalue weighted by molar-refractivity contribution is 8.00. The number of hydrogen-bond donors (Lipinski definition) is 3. The summed E-state index contributed by atoms with van der Waals surface area (Å²) in [5.41, 5.74) is 2.73. The summed E-state index contributed by atoms with van der Waals surface area (Å²) in [4.78, 5) is 20.9. The first-order valence-electron chi connectivity index (χ1n) is 11.1. The molecule has 176 valence electrons. The van der Waals surface area contributed by atoms with Crippen LogP contribution < -0.4 is 4.72 Å². The fraction of sp³-hybridized carbons (Fsp3) is 0.111. The minimum atomic E-state index is -0.908.